The van der Waals surface area contributed by atoms with Crippen LogP contribution in [0.4, 0.5) is 0 Å². The smallest absolute Gasteiger partial charge is 0.380 e. The van der Waals surface area contributed by atoms with Crippen molar-refractivity contribution in [3.8, 4) is 0 Å². The number of rotatable bonds is 5. The summed E-state index contributed by atoms with van der Waals surface area (Å²) in [4.78, 5) is 17.5. The number of aliphatic hydroxyl groups is 1. The van der Waals surface area contributed by atoms with E-state index in [4.69, 9.17) is 9.79 Å². The van der Waals surface area contributed by atoms with Crippen LogP contribution < -0.4 is 0 Å². The van der Waals surface area contributed by atoms with E-state index in [-0.39, 0.29) is 6.42 Å². The molecule has 0 saturated carbocycles. The lowest BCUT2D eigenvalue weighted by Gasteiger charge is -2.11. The minimum Gasteiger partial charge on any atom is -0.380 e. The third kappa shape index (κ3) is 4.10. The molecular weight excluding hydrogens is 254 g/mol. The topological polar surface area (TPSA) is 104 Å². The fourth-order valence-corrected chi connectivity index (χ4v) is 2.77. The Kier molecular flexibility index (Phi) is 4.74. The molecule has 0 saturated heterocycles. The first kappa shape index (κ1) is 13.5. The average molecular weight is 265 g/mol. The molecule has 8 heteroatoms. The summed E-state index contributed by atoms with van der Waals surface area (Å²) in [7, 11) is -7.70. The van der Waals surface area contributed by atoms with Crippen molar-refractivity contribution in [1.29, 1.82) is 0 Å². The van der Waals surface area contributed by atoms with Crippen molar-refractivity contribution >= 4 is 15.9 Å². The molecule has 1 aromatic rings. The summed E-state index contributed by atoms with van der Waals surface area (Å²) in [5.41, 5.74) is 0.626. The molecule has 6 nitrogen and oxygen atoms in total. The van der Waals surface area contributed by atoms with Crippen molar-refractivity contribution in [2.24, 2.45) is 0 Å². The van der Waals surface area contributed by atoms with Crippen molar-refractivity contribution in [3.05, 3.63) is 35.9 Å². The molecule has 0 fully saturated rings. The van der Waals surface area contributed by atoms with E-state index in [2.05, 4.69) is 4.31 Å². The number of benzene rings is 1. The van der Waals surface area contributed by atoms with Gasteiger partial charge in [-0.2, -0.15) is 0 Å². The van der Waals surface area contributed by atoms with Gasteiger partial charge in [0, 0.05) is 11.0 Å². The fraction of sp³-hybridized carbons (Fsp3) is 0.250. The summed E-state index contributed by atoms with van der Waals surface area (Å²) in [6.45, 7) is 0. The van der Waals surface area contributed by atoms with Gasteiger partial charge in [0.25, 0.3) is 0 Å². The lowest BCUT2D eigenvalue weighted by Crippen LogP contribution is -2.11. The summed E-state index contributed by atoms with van der Waals surface area (Å²) < 4.78 is 25.4. The molecule has 3 unspecified atom stereocenters. The van der Waals surface area contributed by atoms with Crippen molar-refractivity contribution in [3.63, 3.8) is 0 Å². The zero-order valence-electron chi connectivity index (χ0n) is 8.13. The van der Waals surface area contributed by atoms with E-state index in [9.17, 15) is 14.2 Å². The van der Waals surface area contributed by atoms with E-state index in [0.29, 0.717) is 5.56 Å². The molecule has 1 rings (SSSR count). The summed E-state index contributed by atoms with van der Waals surface area (Å²) >= 11 is 0. The van der Waals surface area contributed by atoms with E-state index in [1.165, 1.54) is 0 Å². The van der Waals surface area contributed by atoms with Crippen molar-refractivity contribution < 1.29 is 28.3 Å². The SMILES string of the molecule is O=[P+](O)OP(=O)(O)C(O)Cc1ccccc1. The van der Waals surface area contributed by atoms with Crippen LogP contribution in [0.5, 0.6) is 0 Å². The predicted molar refractivity (Wildman–Crippen MR) is 56.9 cm³/mol. The fourth-order valence-electron chi connectivity index (χ4n) is 1.09. The van der Waals surface area contributed by atoms with Crippen LogP contribution in [0.3, 0.4) is 0 Å². The number of hydrogen-bond acceptors (Lipinski definition) is 4. The van der Waals surface area contributed by atoms with E-state index < -0.39 is 21.7 Å². The van der Waals surface area contributed by atoms with Crippen LogP contribution in [0.2, 0.25) is 0 Å². The third-order valence-corrected chi connectivity index (χ3v) is 4.26. The Labute approximate surface area is 93.0 Å². The first-order valence-corrected chi connectivity index (χ1v) is 7.10. The molecule has 1 aromatic carbocycles. The van der Waals surface area contributed by atoms with E-state index >= 15 is 0 Å². The molecule has 3 atom stereocenters. The second kappa shape index (κ2) is 5.64. The van der Waals surface area contributed by atoms with Crippen LogP contribution >= 0.6 is 15.9 Å². The van der Waals surface area contributed by atoms with E-state index in [0.717, 1.165) is 0 Å². The largest absolute Gasteiger partial charge is 0.703 e. The van der Waals surface area contributed by atoms with Gasteiger partial charge >= 0.3 is 15.9 Å². The zero-order chi connectivity index (χ0) is 12.2. The van der Waals surface area contributed by atoms with Gasteiger partial charge in [-0.3, -0.25) is 4.57 Å². The van der Waals surface area contributed by atoms with Gasteiger partial charge < -0.3 is 10.00 Å². The van der Waals surface area contributed by atoms with Crippen molar-refractivity contribution in [2.75, 3.05) is 0 Å². The first-order chi connectivity index (χ1) is 7.42. The monoisotopic (exact) mass is 265 g/mol. The minimum atomic E-state index is -4.48. The maximum absolute atomic E-state index is 11.3. The Balaban J connectivity index is 2.68. The first-order valence-electron chi connectivity index (χ1n) is 4.32. The summed E-state index contributed by atoms with van der Waals surface area (Å²) in [6.07, 6.45) is -0.127. The number of aliphatic hydroxyl groups excluding tert-OH is 1. The molecule has 0 aliphatic rings. The molecule has 16 heavy (non-hydrogen) atoms. The van der Waals surface area contributed by atoms with Crippen LogP contribution in [0.15, 0.2) is 30.3 Å². The predicted octanol–water partition coefficient (Wildman–Crippen LogP) is 1.40. The highest BCUT2D eigenvalue weighted by Crippen LogP contribution is 2.53. The molecule has 0 aliphatic heterocycles. The maximum atomic E-state index is 11.3. The highest BCUT2D eigenvalue weighted by atomic mass is 31.2. The van der Waals surface area contributed by atoms with Gasteiger partial charge in [-0.05, 0) is 9.87 Å². The Morgan fingerprint density at radius 1 is 1.38 bits per heavy atom. The molecule has 0 bridgehead atoms. The molecule has 0 amide bonds. The Morgan fingerprint density at radius 3 is 2.44 bits per heavy atom. The second-order valence-corrected chi connectivity index (χ2v) is 5.91. The summed E-state index contributed by atoms with van der Waals surface area (Å²) in [5.74, 6) is -1.72. The molecule has 88 valence electrons. The quantitative estimate of drug-likeness (QED) is 0.695. The number of hydrogen-bond donors (Lipinski definition) is 3. The molecule has 0 radical (unpaired) electrons. The van der Waals surface area contributed by atoms with Gasteiger partial charge in [0.2, 0.25) is 0 Å². The van der Waals surface area contributed by atoms with Gasteiger partial charge in [-0.15, -0.1) is 4.89 Å². The zero-order valence-corrected chi connectivity index (χ0v) is 9.92. The molecule has 3 N–H and O–H groups in total. The van der Waals surface area contributed by atoms with Gasteiger partial charge in [0.15, 0.2) is 5.85 Å². The van der Waals surface area contributed by atoms with Crippen molar-refractivity contribution in [1.82, 2.24) is 0 Å². The normalized spacial score (nSPS) is 17.6. The van der Waals surface area contributed by atoms with Gasteiger partial charge in [-0.1, -0.05) is 30.3 Å². The van der Waals surface area contributed by atoms with Crippen LogP contribution in [-0.2, 0) is 19.9 Å². The van der Waals surface area contributed by atoms with E-state index in [1.807, 2.05) is 0 Å². The highest BCUT2D eigenvalue weighted by Gasteiger charge is 2.40. The standard InChI is InChI=1S/C8H10O6P2/c9-8(16(12,13)14-15(10)11)6-7-4-2-1-3-5-7/h1-5,8-9H,6H2,(H-,10,11,12,13)/p+1. The summed E-state index contributed by atoms with van der Waals surface area (Å²) in [6, 6.07) is 8.48. The average Bonchev–Trinajstić information content (AvgIpc) is 2.17. The highest BCUT2D eigenvalue weighted by molar-refractivity contribution is 7.60. The minimum absolute atomic E-state index is 0.127. The van der Waals surface area contributed by atoms with Gasteiger partial charge in [0.05, 0.1) is 0 Å². The van der Waals surface area contributed by atoms with Crippen molar-refractivity contribution in [2.45, 2.75) is 12.3 Å². The van der Waals surface area contributed by atoms with Crippen LogP contribution in [0.25, 0.3) is 0 Å². The van der Waals surface area contributed by atoms with Gasteiger partial charge in [0.1, 0.15) is 0 Å². The maximum Gasteiger partial charge on any atom is 0.703 e. The lowest BCUT2D eigenvalue weighted by molar-refractivity contribution is 0.203. The molecule has 0 spiro atoms. The van der Waals surface area contributed by atoms with E-state index in [1.54, 1.807) is 30.3 Å². The van der Waals surface area contributed by atoms with Crippen LogP contribution in [-0.4, -0.2) is 20.7 Å². The Hall–Kier alpha value is -0.610. The molecule has 0 aromatic heterocycles. The van der Waals surface area contributed by atoms with Gasteiger partial charge in [-0.25, -0.2) is 0 Å². The Bertz CT molecular complexity index is 406. The molecule has 0 aliphatic carbocycles. The molecule has 0 heterocycles. The molecular formula is C8H11O6P2+. The van der Waals surface area contributed by atoms with Crippen LogP contribution in [0.1, 0.15) is 5.56 Å². The second-order valence-electron chi connectivity index (χ2n) is 3.05. The lowest BCUT2D eigenvalue weighted by atomic mass is 10.2. The third-order valence-electron chi connectivity index (χ3n) is 1.82. The summed E-state index contributed by atoms with van der Waals surface area (Å²) in [5, 5.41) is 9.40. The Morgan fingerprint density at radius 2 is 1.94 bits per heavy atom. The van der Waals surface area contributed by atoms with Crippen LogP contribution in [0, 0.1) is 0 Å².